The number of ether oxygens (including phenoxy) is 2. The summed E-state index contributed by atoms with van der Waals surface area (Å²) >= 11 is 0. The van der Waals surface area contributed by atoms with Crippen molar-refractivity contribution in [1.29, 1.82) is 0 Å². The van der Waals surface area contributed by atoms with Crippen molar-refractivity contribution in [2.45, 2.75) is 85.5 Å². The Bertz CT molecular complexity index is 624. The summed E-state index contributed by atoms with van der Waals surface area (Å²) in [6, 6.07) is -0.612. The van der Waals surface area contributed by atoms with Gasteiger partial charge in [-0.2, -0.15) is 0 Å². The van der Waals surface area contributed by atoms with Gasteiger partial charge in [-0.1, -0.05) is 13.8 Å². The topological polar surface area (TPSA) is 76.2 Å². The van der Waals surface area contributed by atoms with Gasteiger partial charge in [0.05, 0.1) is 5.41 Å². The highest BCUT2D eigenvalue weighted by Gasteiger charge is 2.56. The predicted octanol–water partition coefficient (Wildman–Crippen LogP) is 3.21. The van der Waals surface area contributed by atoms with E-state index < -0.39 is 28.8 Å². The second-order valence-electron chi connectivity index (χ2n) is 10.4. The summed E-state index contributed by atoms with van der Waals surface area (Å²) in [5.41, 5.74) is -1.78. The molecule has 1 atom stereocenters. The molecule has 0 aromatic rings. The Hall–Kier alpha value is -1.79. The molecule has 0 radical (unpaired) electrons. The van der Waals surface area contributed by atoms with E-state index in [0.29, 0.717) is 19.6 Å². The van der Waals surface area contributed by atoms with Crippen molar-refractivity contribution in [1.82, 2.24) is 9.80 Å². The minimum absolute atomic E-state index is 0.0527. The normalized spacial score (nSPS) is 20.8. The van der Waals surface area contributed by atoms with Gasteiger partial charge in [-0.25, -0.2) is 9.59 Å². The van der Waals surface area contributed by atoms with Crippen LogP contribution in [-0.2, 0) is 19.1 Å². The smallest absolute Gasteiger partial charge is 0.410 e. The Morgan fingerprint density at radius 1 is 1.00 bits per heavy atom. The third-order valence-corrected chi connectivity index (χ3v) is 5.02. The number of likely N-dealkylation sites (tertiary alicyclic amines) is 2. The molecule has 0 saturated carbocycles. The van der Waals surface area contributed by atoms with E-state index in [-0.39, 0.29) is 17.8 Å². The molecule has 0 bridgehead atoms. The first kappa shape index (κ1) is 22.5. The molecular formula is C21H36N2O5. The van der Waals surface area contributed by atoms with Crippen LogP contribution in [0.1, 0.15) is 68.2 Å². The highest BCUT2D eigenvalue weighted by Crippen LogP contribution is 2.42. The average Bonchev–Trinajstić information content (AvgIpc) is 2.42. The molecule has 2 saturated heterocycles. The van der Waals surface area contributed by atoms with Crippen LogP contribution in [0.3, 0.4) is 0 Å². The molecule has 0 N–H and O–H groups in total. The molecule has 2 fully saturated rings. The van der Waals surface area contributed by atoms with Crippen LogP contribution in [0.15, 0.2) is 0 Å². The van der Waals surface area contributed by atoms with Gasteiger partial charge in [-0.05, 0) is 60.3 Å². The number of hydrogen-bond acceptors (Lipinski definition) is 5. The summed E-state index contributed by atoms with van der Waals surface area (Å²) in [6.07, 6.45) is 1.14. The predicted molar refractivity (Wildman–Crippen MR) is 106 cm³/mol. The molecule has 2 rings (SSSR count). The third kappa shape index (κ3) is 4.97. The van der Waals surface area contributed by atoms with Crippen LogP contribution in [0, 0.1) is 11.3 Å². The third-order valence-electron chi connectivity index (χ3n) is 5.02. The fourth-order valence-corrected chi connectivity index (χ4v) is 3.92. The summed E-state index contributed by atoms with van der Waals surface area (Å²) in [4.78, 5) is 41.6. The Balaban J connectivity index is 2.11. The molecule has 2 heterocycles. The second-order valence-corrected chi connectivity index (χ2v) is 10.4. The zero-order valence-electron chi connectivity index (χ0n) is 18.6. The first-order chi connectivity index (χ1) is 12.7. The summed E-state index contributed by atoms with van der Waals surface area (Å²) in [7, 11) is 0. The lowest BCUT2D eigenvalue weighted by Gasteiger charge is -2.54. The monoisotopic (exact) mass is 396 g/mol. The lowest BCUT2D eigenvalue weighted by atomic mass is 9.72. The Labute approximate surface area is 168 Å². The molecule has 2 amide bonds. The molecule has 7 heteroatoms. The van der Waals surface area contributed by atoms with Gasteiger partial charge >= 0.3 is 12.1 Å². The molecule has 2 aliphatic rings. The molecule has 0 unspecified atom stereocenters. The number of nitrogens with zero attached hydrogens (tertiary/aromatic N) is 2. The number of hydrogen-bond donors (Lipinski definition) is 0. The highest BCUT2D eigenvalue weighted by atomic mass is 16.6. The fourth-order valence-electron chi connectivity index (χ4n) is 3.92. The number of carbonyl (C=O) groups is 3. The van der Waals surface area contributed by atoms with Gasteiger partial charge in [0, 0.05) is 19.6 Å². The van der Waals surface area contributed by atoms with Gasteiger partial charge in [0.2, 0.25) is 5.91 Å². The van der Waals surface area contributed by atoms with Gasteiger partial charge in [-0.15, -0.1) is 0 Å². The van der Waals surface area contributed by atoms with Crippen LogP contribution in [0.2, 0.25) is 0 Å². The van der Waals surface area contributed by atoms with Gasteiger partial charge in [0.25, 0.3) is 0 Å². The SMILES string of the molecule is CC(C)[C@@H](C(=O)OC(C)(C)C)N1CCCC2(CN(C(=O)OC(C)(C)C)C2)C1=O. The molecule has 1 spiro atoms. The maximum absolute atomic E-state index is 13.3. The molecular weight excluding hydrogens is 360 g/mol. The minimum Gasteiger partial charge on any atom is -0.458 e. The van der Waals surface area contributed by atoms with E-state index in [1.54, 1.807) is 9.80 Å². The van der Waals surface area contributed by atoms with E-state index in [1.165, 1.54) is 0 Å². The van der Waals surface area contributed by atoms with Crippen molar-refractivity contribution in [2.75, 3.05) is 19.6 Å². The van der Waals surface area contributed by atoms with E-state index in [9.17, 15) is 14.4 Å². The van der Waals surface area contributed by atoms with Crippen molar-refractivity contribution < 1.29 is 23.9 Å². The molecule has 28 heavy (non-hydrogen) atoms. The molecule has 0 aliphatic carbocycles. The van der Waals surface area contributed by atoms with E-state index in [1.807, 2.05) is 55.4 Å². The van der Waals surface area contributed by atoms with Gasteiger partial charge in [-0.3, -0.25) is 4.79 Å². The van der Waals surface area contributed by atoms with E-state index in [4.69, 9.17) is 9.47 Å². The summed E-state index contributed by atoms with van der Waals surface area (Å²) in [5.74, 6) is -0.477. The van der Waals surface area contributed by atoms with Crippen molar-refractivity contribution in [3.05, 3.63) is 0 Å². The number of piperidine rings is 1. The minimum atomic E-state index is -0.612. The maximum Gasteiger partial charge on any atom is 0.410 e. The zero-order chi connectivity index (χ0) is 21.5. The second kappa shape index (κ2) is 7.56. The standard InChI is InChI=1S/C21H36N2O5/c1-14(2)15(16(24)27-19(3,4)5)23-11-9-10-21(17(23)25)12-22(13-21)18(26)28-20(6,7)8/h14-15H,9-13H2,1-8H3/t15-/m0/s1. The lowest BCUT2D eigenvalue weighted by Crippen LogP contribution is -2.69. The van der Waals surface area contributed by atoms with Crippen molar-refractivity contribution in [3.8, 4) is 0 Å². The van der Waals surface area contributed by atoms with Gasteiger partial charge in [0.1, 0.15) is 17.2 Å². The van der Waals surface area contributed by atoms with Crippen LogP contribution in [0.25, 0.3) is 0 Å². The summed E-state index contributed by atoms with van der Waals surface area (Å²) in [6.45, 7) is 16.0. The molecule has 0 aromatic carbocycles. The van der Waals surface area contributed by atoms with Crippen LogP contribution >= 0.6 is 0 Å². The highest BCUT2D eigenvalue weighted by molar-refractivity contribution is 5.91. The number of esters is 1. The van der Waals surface area contributed by atoms with Gasteiger partial charge in [0.15, 0.2) is 0 Å². The van der Waals surface area contributed by atoms with Crippen molar-refractivity contribution >= 4 is 18.0 Å². The molecule has 7 nitrogen and oxygen atoms in total. The molecule has 2 aliphatic heterocycles. The van der Waals surface area contributed by atoms with Crippen molar-refractivity contribution in [2.24, 2.45) is 11.3 Å². The van der Waals surface area contributed by atoms with E-state index in [2.05, 4.69) is 0 Å². The average molecular weight is 397 g/mol. The number of carbonyl (C=O) groups excluding carboxylic acids is 3. The van der Waals surface area contributed by atoms with E-state index >= 15 is 0 Å². The first-order valence-corrected chi connectivity index (χ1v) is 10.2. The first-order valence-electron chi connectivity index (χ1n) is 10.2. The Morgan fingerprint density at radius 3 is 2.00 bits per heavy atom. The fraction of sp³-hybridized carbons (Fsp3) is 0.857. The Morgan fingerprint density at radius 2 is 1.54 bits per heavy atom. The quantitative estimate of drug-likeness (QED) is 0.685. The summed E-state index contributed by atoms with van der Waals surface area (Å²) < 4.78 is 11.0. The largest absolute Gasteiger partial charge is 0.458 e. The van der Waals surface area contributed by atoms with Crippen LogP contribution < -0.4 is 0 Å². The number of rotatable bonds is 3. The Kier molecular flexibility index (Phi) is 6.07. The van der Waals surface area contributed by atoms with Crippen LogP contribution in [0.4, 0.5) is 4.79 Å². The number of amides is 2. The van der Waals surface area contributed by atoms with Crippen molar-refractivity contribution in [3.63, 3.8) is 0 Å². The molecule has 160 valence electrons. The lowest BCUT2D eigenvalue weighted by molar-refractivity contribution is -0.176. The summed E-state index contributed by atoms with van der Waals surface area (Å²) in [5, 5.41) is 0. The van der Waals surface area contributed by atoms with Crippen LogP contribution in [0.5, 0.6) is 0 Å². The van der Waals surface area contributed by atoms with Crippen LogP contribution in [-0.4, -0.2) is 64.6 Å². The van der Waals surface area contributed by atoms with E-state index in [0.717, 1.165) is 12.8 Å². The zero-order valence-corrected chi connectivity index (χ0v) is 18.6. The maximum atomic E-state index is 13.3. The van der Waals surface area contributed by atoms with Gasteiger partial charge < -0.3 is 19.3 Å². The molecule has 0 aromatic heterocycles.